The Morgan fingerprint density at radius 2 is 2.25 bits per heavy atom. The molecule has 0 spiro atoms. The summed E-state index contributed by atoms with van der Waals surface area (Å²) >= 11 is 0. The Hall–Kier alpha value is -1.77. The number of hydrogen-bond acceptors (Lipinski definition) is 6. The van der Waals surface area contributed by atoms with Gasteiger partial charge < -0.3 is 4.52 Å². The molecule has 0 aliphatic heterocycles. The second kappa shape index (κ2) is 3.67. The maximum Gasteiger partial charge on any atom is 0.368 e. The molecule has 7 nitrogen and oxygen atoms in total. The molecule has 2 aromatic rings. The minimum absolute atomic E-state index is 0.194. The van der Waals surface area contributed by atoms with Gasteiger partial charge in [-0.2, -0.15) is 8.42 Å². The largest absolute Gasteiger partial charge is 0.368 e. The van der Waals surface area contributed by atoms with Crippen LogP contribution in [0.4, 0.5) is 3.89 Å². The van der Waals surface area contributed by atoms with Gasteiger partial charge in [-0.1, -0.05) is 9.04 Å². The van der Waals surface area contributed by atoms with E-state index in [-0.39, 0.29) is 12.4 Å². The highest BCUT2D eigenvalue weighted by atomic mass is 32.3. The monoisotopic (exact) mass is 246 g/mol. The van der Waals surface area contributed by atoms with Crippen molar-refractivity contribution < 1.29 is 16.8 Å². The van der Waals surface area contributed by atoms with E-state index in [0.717, 1.165) is 4.57 Å². The molecule has 0 saturated heterocycles. The molecule has 0 N–H and O–H groups in total. The normalized spacial score (nSPS) is 11.9. The molecule has 2 rings (SSSR count). The molecule has 0 unspecified atom stereocenters. The van der Waals surface area contributed by atoms with E-state index in [1.165, 1.54) is 12.5 Å². The molecule has 0 atom stereocenters. The maximum atomic E-state index is 12.8. The molecule has 2 heterocycles. The van der Waals surface area contributed by atoms with Crippen LogP contribution in [-0.4, -0.2) is 28.3 Å². The van der Waals surface area contributed by atoms with Crippen LogP contribution in [0.2, 0.25) is 0 Å². The van der Waals surface area contributed by atoms with Crippen molar-refractivity contribution in [2.24, 2.45) is 0 Å². The van der Waals surface area contributed by atoms with Gasteiger partial charge in [0.2, 0.25) is 0 Å². The predicted octanol–water partition coefficient (Wildman–Crippen LogP) is 0.611. The zero-order chi connectivity index (χ0) is 11.8. The first-order valence-corrected chi connectivity index (χ1v) is 5.70. The summed E-state index contributed by atoms with van der Waals surface area (Å²) in [6, 6.07) is 0. The third kappa shape index (κ3) is 1.69. The standard InChI is InChI=1S/C7H7FN4O3S/c1-2-12-6(5-3-9-15-4-5)10-11-7(12)16(8,13)14/h3-4H,2H2,1H3. The van der Waals surface area contributed by atoms with Crippen LogP contribution in [0.25, 0.3) is 11.4 Å². The van der Waals surface area contributed by atoms with Crippen LogP contribution >= 0.6 is 0 Å². The van der Waals surface area contributed by atoms with Gasteiger partial charge in [-0.3, -0.25) is 4.57 Å². The molecule has 0 aromatic carbocycles. The maximum absolute atomic E-state index is 12.8. The van der Waals surface area contributed by atoms with Crippen molar-refractivity contribution in [1.29, 1.82) is 0 Å². The number of hydrogen-bond donors (Lipinski definition) is 0. The third-order valence-electron chi connectivity index (χ3n) is 1.94. The molecule has 0 aliphatic carbocycles. The molecule has 0 amide bonds. The Kier molecular flexibility index (Phi) is 2.46. The van der Waals surface area contributed by atoms with E-state index in [1.807, 2.05) is 0 Å². The van der Waals surface area contributed by atoms with Crippen LogP contribution in [-0.2, 0) is 16.8 Å². The van der Waals surface area contributed by atoms with Crippen molar-refractivity contribution in [3.05, 3.63) is 12.5 Å². The highest BCUT2D eigenvalue weighted by Gasteiger charge is 2.24. The minimum Gasteiger partial charge on any atom is -0.364 e. The van der Waals surface area contributed by atoms with Crippen molar-refractivity contribution in [2.45, 2.75) is 18.6 Å². The first-order chi connectivity index (χ1) is 7.54. The summed E-state index contributed by atoms with van der Waals surface area (Å²) in [6.45, 7) is 1.86. The van der Waals surface area contributed by atoms with Gasteiger partial charge in [0.25, 0.3) is 5.16 Å². The van der Waals surface area contributed by atoms with Crippen LogP contribution < -0.4 is 0 Å². The van der Waals surface area contributed by atoms with Crippen LogP contribution in [0.5, 0.6) is 0 Å². The summed E-state index contributed by atoms with van der Waals surface area (Å²) < 4.78 is 40.1. The summed E-state index contributed by atoms with van der Waals surface area (Å²) in [5.74, 6) is 0.194. The molecular weight excluding hydrogens is 239 g/mol. The van der Waals surface area contributed by atoms with Crippen molar-refractivity contribution >= 4 is 10.2 Å². The summed E-state index contributed by atoms with van der Waals surface area (Å²) in [5, 5.41) is 9.61. The van der Waals surface area contributed by atoms with Crippen LogP contribution in [0, 0.1) is 0 Å². The number of nitrogens with zero attached hydrogens (tertiary/aromatic N) is 4. The summed E-state index contributed by atoms with van der Waals surface area (Å²) in [5.41, 5.74) is 0.434. The SMILES string of the molecule is CCn1c(-c2cnoc2)nnc1S(=O)(=O)F. The average molecular weight is 246 g/mol. The van der Waals surface area contributed by atoms with E-state index in [0.29, 0.717) is 5.56 Å². The Bertz CT molecular complexity index is 589. The van der Waals surface area contributed by atoms with Crippen molar-refractivity contribution in [2.75, 3.05) is 0 Å². The van der Waals surface area contributed by atoms with E-state index in [1.54, 1.807) is 6.92 Å². The first kappa shape index (κ1) is 10.7. The second-order valence-electron chi connectivity index (χ2n) is 2.90. The van der Waals surface area contributed by atoms with Gasteiger partial charge >= 0.3 is 10.2 Å². The second-order valence-corrected chi connectivity index (χ2v) is 4.14. The molecule has 16 heavy (non-hydrogen) atoms. The van der Waals surface area contributed by atoms with E-state index in [2.05, 4.69) is 19.9 Å². The van der Waals surface area contributed by atoms with Crippen molar-refractivity contribution in [3.63, 3.8) is 0 Å². The van der Waals surface area contributed by atoms with Gasteiger partial charge in [0.05, 0.1) is 11.8 Å². The zero-order valence-electron chi connectivity index (χ0n) is 8.16. The lowest BCUT2D eigenvalue weighted by Gasteiger charge is -2.01. The number of rotatable bonds is 3. The fourth-order valence-corrected chi connectivity index (χ4v) is 1.90. The molecule has 0 saturated carbocycles. The van der Waals surface area contributed by atoms with Crippen LogP contribution in [0.3, 0.4) is 0 Å². The average Bonchev–Trinajstić information content (AvgIpc) is 2.84. The van der Waals surface area contributed by atoms with Crippen molar-refractivity contribution in [1.82, 2.24) is 19.9 Å². The molecule has 9 heteroatoms. The fourth-order valence-electron chi connectivity index (χ4n) is 1.28. The summed E-state index contributed by atoms with van der Waals surface area (Å²) in [6.07, 6.45) is 2.61. The number of halogens is 1. The Balaban J connectivity index is 2.63. The summed E-state index contributed by atoms with van der Waals surface area (Å²) in [7, 11) is -4.88. The minimum atomic E-state index is -4.88. The lowest BCUT2D eigenvalue weighted by molar-refractivity contribution is 0.420. The van der Waals surface area contributed by atoms with Gasteiger partial charge in [0.1, 0.15) is 6.26 Å². The molecule has 0 fully saturated rings. The van der Waals surface area contributed by atoms with E-state index in [4.69, 9.17) is 0 Å². The molecule has 0 aliphatic rings. The topological polar surface area (TPSA) is 90.9 Å². The van der Waals surface area contributed by atoms with Crippen LogP contribution in [0.15, 0.2) is 22.1 Å². The van der Waals surface area contributed by atoms with Gasteiger partial charge in [-0.05, 0) is 6.92 Å². The van der Waals surface area contributed by atoms with Gasteiger partial charge in [-0.15, -0.1) is 10.2 Å². The van der Waals surface area contributed by atoms with E-state index in [9.17, 15) is 12.3 Å². The molecular formula is C7H7FN4O3S. The lowest BCUT2D eigenvalue weighted by atomic mass is 10.3. The van der Waals surface area contributed by atoms with E-state index < -0.39 is 15.4 Å². The molecule has 2 aromatic heterocycles. The van der Waals surface area contributed by atoms with E-state index >= 15 is 0 Å². The third-order valence-corrected chi connectivity index (χ3v) is 2.68. The number of aromatic nitrogens is 4. The molecule has 86 valence electrons. The quantitative estimate of drug-likeness (QED) is 0.737. The van der Waals surface area contributed by atoms with Gasteiger partial charge in [0.15, 0.2) is 5.82 Å². The first-order valence-electron chi connectivity index (χ1n) is 4.31. The highest BCUT2D eigenvalue weighted by Crippen LogP contribution is 2.20. The molecule has 0 radical (unpaired) electrons. The Morgan fingerprint density at radius 3 is 2.75 bits per heavy atom. The summed E-state index contributed by atoms with van der Waals surface area (Å²) in [4.78, 5) is 0. The smallest absolute Gasteiger partial charge is 0.364 e. The molecule has 0 bridgehead atoms. The lowest BCUT2D eigenvalue weighted by Crippen LogP contribution is -2.06. The van der Waals surface area contributed by atoms with Crippen LogP contribution in [0.1, 0.15) is 6.92 Å². The predicted molar refractivity (Wildman–Crippen MR) is 49.5 cm³/mol. The fraction of sp³-hybridized carbons (Fsp3) is 0.286. The Morgan fingerprint density at radius 1 is 1.50 bits per heavy atom. The van der Waals surface area contributed by atoms with Gasteiger partial charge in [0, 0.05) is 6.54 Å². The zero-order valence-corrected chi connectivity index (χ0v) is 8.98. The van der Waals surface area contributed by atoms with Crippen molar-refractivity contribution in [3.8, 4) is 11.4 Å². The Labute approximate surface area is 90.1 Å². The van der Waals surface area contributed by atoms with Gasteiger partial charge in [-0.25, -0.2) is 0 Å². The highest BCUT2D eigenvalue weighted by molar-refractivity contribution is 7.86.